The molecule has 0 saturated carbocycles. The van der Waals surface area contributed by atoms with Crippen LogP contribution >= 0.6 is 0 Å². The van der Waals surface area contributed by atoms with E-state index >= 15 is 0 Å². The van der Waals surface area contributed by atoms with Gasteiger partial charge in [-0.15, -0.1) is 0 Å². The van der Waals surface area contributed by atoms with Crippen molar-refractivity contribution < 1.29 is 4.39 Å². The van der Waals surface area contributed by atoms with Gasteiger partial charge in [0.05, 0.1) is 0 Å². The summed E-state index contributed by atoms with van der Waals surface area (Å²) >= 11 is 0. The van der Waals surface area contributed by atoms with E-state index in [1.807, 2.05) is 20.2 Å². The summed E-state index contributed by atoms with van der Waals surface area (Å²) in [5.74, 6) is 0.264. The first-order valence-electron chi connectivity index (χ1n) is 5.66. The highest BCUT2D eigenvalue weighted by molar-refractivity contribution is 5.20. The summed E-state index contributed by atoms with van der Waals surface area (Å²) in [5.41, 5.74) is 6.65. The molecule has 1 aromatic carbocycles. The Hall–Kier alpha value is -0.930. The molecule has 2 atom stereocenters. The lowest BCUT2D eigenvalue weighted by molar-refractivity contribution is 0.254. The number of hydrogen-bond donors (Lipinski definition) is 1. The second-order valence-corrected chi connectivity index (χ2v) is 4.61. The van der Waals surface area contributed by atoms with Crippen molar-refractivity contribution in [1.82, 2.24) is 4.90 Å². The molecule has 0 amide bonds. The van der Waals surface area contributed by atoms with Gasteiger partial charge in [-0.05, 0) is 50.7 Å². The van der Waals surface area contributed by atoms with Gasteiger partial charge in [0, 0.05) is 6.04 Å². The normalized spacial score (nSPS) is 15.1. The topological polar surface area (TPSA) is 29.3 Å². The Balaban J connectivity index is 2.85. The van der Waals surface area contributed by atoms with Crippen molar-refractivity contribution in [3.63, 3.8) is 0 Å². The predicted molar refractivity (Wildman–Crippen MR) is 65.7 cm³/mol. The summed E-state index contributed by atoms with van der Waals surface area (Å²) in [6.45, 7) is 2.79. The molecule has 90 valence electrons. The Bertz CT molecular complexity index is 325. The zero-order valence-electron chi connectivity index (χ0n) is 10.3. The molecule has 16 heavy (non-hydrogen) atoms. The highest BCUT2D eigenvalue weighted by atomic mass is 19.1. The predicted octanol–water partition coefficient (Wildman–Crippen LogP) is 2.41. The molecule has 0 saturated heterocycles. The standard InChI is InChI=1S/C13H21FN2/c1-10(9-15)7-13(16(2)3)11-5-4-6-12(14)8-11/h4-6,8,10,13H,7,9,15H2,1-3H3. The number of benzene rings is 1. The lowest BCUT2D eigenvalue weighted by Crippen LogP contribution is -2.24. The fourth-order valence-electron chi connectivity index (χ4n) is 1.84. The summed E-state index contributed by atoms with van der Waals surface area (Å²) in [7, 11) is 4.03. The van der Waals surface area contributed by atoms with E-state index in [0.29, 0.717) is 12.5 Å². The molecule has 1 aromatic rings. The van der Waals surface area contributed by atoms with Crippen molar-refractivity contribution in [2.24, 2.45) is 11.7 Å². The van der Waals surface area contributed by atoms with Crippen LogP contribution in [0.2, 0.25) is 0 Å². The van der Waals surface area contributed by atoms with E-state index < -0.39 is 0 Å². The van der Waals surface area contributed by atoms with Crippen molar-refractivity contribution in [2.75, 3.05) is 20.6 Å². The first kappa shape index (κ1) is 13.1. The zero-order valence-corrected chi connectivity index (χ0v) is 10.3. The Kier molecular flexibility index (Phi) is 4.90. The van der Waals surface area contributed by atoms with Gasteiger partial charge in [-0.25, -0.2) is 4.39 Å². The first-order valence-corrected chi connectivity index (χ1v) is 5.66. The molecule has 2 N–H and O–H groups in total. The third-order valence-electron chi connectivity index (χ3n) is 2.88. The van der Waals surface area contributed by atoms with E-state index in [-0.39, 0.29) is 11.9 Å². The molecule has 0 heterocycles. The summed E-state index contributed by atoms with van der Waals surface area (Å²) in [6, 6.07) is 7.04. The third kappa shape index (κ3) is 3.58. The SMILES string of the molecule is CC(CN)CC(c1cccc(F)c1)N(C)C. The average molecular weight is 224 g/mol. The van der Waals surface area contributed by atoms with Crippen LogP contribution in [0.4, 0.5) is 4.39 Å². The van der Waals surface area contributed by atoms with Gasteiger partial charge in [-0.1, -0.05) is 19.1 Å². The van der Waals surface area contributed by atoms with Crippen LogP contribution in [0.25, 0.3) is 0 Å². The fourth-order valence-corrected chi connectivity index (χ4v) is 1.84. The monoisotopic (exact) mass is 224 g/mol. The Morgan fingerprint density at radius 1 is 1.38 bits per heavy atom. The van der Waals surface area contributed by atoms with Crippen LogP contribution in [0.1, 0.15) is 24.9 Å². The summed E-state index contributed by atoms with van der Waals surface area (Å²) < 4.78 is 13.2. The second kappa shape index (κ2) is 5.97. The van der Waals surface area contributed by atoms with Gasteiger partial charge >= 0.3 is 0 Å². The number of halogens is 1. The fraction of sp³-hybridized carbons (Fsp3) is 0.538. The Morgan fingerprint density at radius 2 is 2.06 bits per heavy atom. The number of nitrogens with zero attached hydrogens (tertiary/aromatic N) is 1. The molecule has 3 heteroatoms. The number of hydrogen-bond acceptors (Lipinski definition) is 2. The lowest BCUT2D eigenvalue weighted by atomic mass is 9.95. The maximum Gasteiger partial charge on any atom is 0.123 e. The molecule has 0 aliphatic heterocycles. The van der Waals surface area contributed by atoms with Crippen LogP contribution < -0.4 is 5.73 Å². The lowest BCUT2D eigenvalue weighted by Gasteiger charge is -2.27. The molecule has 0 bridgehead atoms. The second-order valence-electron chi connectivity index (χ2n) is 4.61. The highest BCUT2D eigenvalue weighted by Crippen LogP contribution is 2.25. The first-order chi connectivity index (χ1) is 7.54. The Morgan fingerprint density at radius 3 is 2.56 bits per heavy atom. The summed E-state index contributed by atoms with van der Waals surface area (Å²) in [5, 5.41) is 0. The van der Waals surface area contributed by atoms with Gasteiger partial charge in [-0.2, -0.15) is 0 Å². The molecule has 0 aromatic heterocycles. The molecular weight excluding hydrogens is 203 g/mol. The van der Waals surface area contributed by atoms with Gasteiger partial charge < -0.3 is 10.6 Å². The van der Waals surface area contributed by atoms with Crippen LogP contribution in [-0.2, 0) is 0 Å². The van der Waals surface area contributed by atoms with E-state index in [9.17, 15) is 4.39 Å². The molecule has 0 spiro atoms. The molecule has 0 fully saturated rings. The molecule has 2 unspecified atom stereocenters. The highest BCUT2D eigenvalue weighted by Gasteiger charge is 2.17. The largest absolute Gasteiger partial charge is 0.330 e. The minimum Gasteiger partial charge on any atom is -0.330 e. The van der Waals surface area contributed by atoms with Gasteiger partial charge in [0.15, 0.2) is 0 Å². The molecule has 0 radical (unpaired) electrons. The average Bonchev–Trinajstić information content (AvgIpc) is 2.25. The molecule has 1 rings (SSSR count). The maximum absolute atomic E-state index is 13.2. The van der Waals surface area contributed by atoms with Crippen molar-refractivity contribution in [2.45, 2.75) is 19.4 Å². The smallest absolute Gasteiger partial charge is 0.123 e. The van der Waals surface area contributed by atoms with Crippen molar-refractivity contribution >= 4 is 0 Å². The Labute approximate surface area is 97.3 Å². The van der Waals surface area contributed by atoms with E-state index in [4.69, 9.17) is 5.73 Å². The van der Waals surface area contributed by atoms with E-state index in [1.165, 1.54) is 6.07 Å². The van der Waals surface area contributed by atoms with Gasteiger partial charge in [-0.3, -0.25) is 0 Å². The molecule has 0 aliphatic rings. The zero-order chi connectivity index (χ0) is 12.1. The molecule has 2 nitrogen and oxygen atoms in total. The van der Waals surface area contributed by atoms with Crippen LogP contribution in [0.5, 0.6) is 0 Å². The quantitative estimate of drug-likeness (QED) is 0.832. The van der Waals surface area contributed by atoms with E-state index in [0.717, 1.165) is 12.0 Å². The summed E-state index contributed by atoms with van der Waals surface area (Å²) in [4.78, 5) is 2.11. The van der Waals surface area contributed by atoms with Crippen LogP contribution in [0, 0.1) is 11.7 Å². The van der Waals surface area contributed by atoms with Crippen molar-refractivity contribution in [3.8, 4) is 0 Å². The van der Waals surface area contributed by atoms with Crippen LogP contribution in [0.3, 0.4) is 0 Å². The molecular formula is C13H21FN2. The van der Waals surface area contributed by atoms with E-state index in [2.05, 4.69) is 11.8 Å². The number of nitrogens with two attached hydrogens (primary N) is 1. The van der Waals surface area contributed by atoms with Crippen molar-refractivity contribution in [1.29, 1.82) is 0 Å². The van der Waals surface area contributed by atoms with Gasteiger partial charge in [0.25, 0.3) is 0 Å². The van der Waals surface area contributed by atoms with Gasteiger partial charge in [0.1, 0.15) is 5.82 Å². The van der Waals surface area contributed by atoms with E-state index in [1.54, 1.807) is 12.1 Å². The third-order valence-corrected chi connectivity index (χ3v) is 2.88. The minimum atomic E-state index is -0.176. The van der Waals surface area contributed by atoms with Crippen molar-refractivity contribution in [3.05, 3.63) is 35.6 Å². The van der Waals surface area contributed by atoms with Gasteiger partial charge in [0.2, 0.25) is 0 Å². The summed E-state index contributed by atoms with van der Waals surface area (Å²) in [6.07, 6.45) is 0.951. The van der Waals surface area contributed by atoms with Crippen LogP contribution in [0.15, 0.2) is 24.3 Å². The molecule has 0 aliphatic carbocycles. The maximum atomic E-state index is 13.2. The minimum absolute atomic E-state index is 0.176. The number of rotatable bonds is 5. The van der Waals surface area contributed by atoms with Crippen LogP contribution in [-0.4, -0.2) is 25.5 Å².